The van der Waals surface area contributed by atoms with Crippen molar-refractivity contribution in [2.45, 2.75) is 12.4 Å². The van der Waals surface area contributed by atoms with Gasteiger partial charge in [0.15, 0.2) is 5.82 Å². The van der Waals surface area contributed by atoms with E-state index in [-0.39, 0.29) is 12.2 Å². The maximum absolute atomic E-state index is 13.0. The molecular weight excluding hydrogens is 515 g/mol. The van der Waals surface area contributed by atoms with Gasteiger partial charge in [0.25, 0.3) is 0 Å². The summed E-state index contributed by atoms with van der Waals surface area (Å²) >= 11 is 6.04. The second-order valence-electron chi connectivity index (χ2n) is 7.93. The van der Waals surface area contributed by atoms with Crippen molar-refractivity contribution in [1.82, 2.24) is 35.0 Å². The number of amides is 2. The van der Waals surface area contributed by atoms with Crippen molar-refractivity contribution in [1.29, 1.82) is 0 Å². The molecule has 190 valence electrons. The molecule has 0 radical (unpaired) electrons. The van der Waals surface area contributed by atoms with E-state index in [1.165, 1.54) is 21.8 Å². The van der Waals surface area contributed by atoms with Crippen LogP contribution < -0.4 is 10.1 Å². The lowest BCUT2D eigenvalue weighted by Gasteiger charge is -2.16. The third-order valence-corrected chi connectivity index (χ3v) is 5.65. The zero-order chi connectivity index (χ0) is 26.2. The fraction of sp³-hybridized carbons (Fsp3) is 0.182. The van der Waals surface area contributed by atoms with Crippen LogP contribution in [0.15, 0.2) is 66.0 Å². The van der Waals surface area contributed by atoms with Crippen LogP contribution in [-0.4, -0.2) is 59.6 Å². The number of ether oxygens (including phenoxy) is 1. The molecule has 15 heteroatoms. The van der Waals surface area contributed by atoms with Crippen molar-refractivity contribution < 1.29 is 22.7 Å². The van der Waals surface area contributed by atoms with E-state index in [4.69, 9.17) is 11.6 Å². The molecule has 2 amide bonds. The minimum absolute atomic E-state index is 0.136. The zero-order valence-corrected chi connectivity index (χ0v) is 19.7. The number of hydrogen-bond acceptors (Lipinski definition) is 7. The third kappa shape index (κ3) is 5.38. The van der Waals surface area contributed by atoms with Gasteiger partial charge in [-0.05, 0) is 46.8 Å². The van der Waals surface area contributed by atoms with E-state index in [0.29, 0.717) is 22.1 Å². The van der Waals surface area contributed by atoms with Gasteiger partial charge in [0, 0.05) is 29.5 Å². The summed E-state index contributed by atoms with van der Waals surface area (Å²) in [4.78, 5) is 13.0. The maximum Gasteiger partial charge on any atom is 0.573 e. The molecule has 3 heterocycles. The van der Waals surface area contributed by atoms with Crippen LogP contribution in [0.25, 0.3) is 11.4 Å². The molecule has 37 heavy (non-hydrogen) atoms. The summed E-state index contributed by atoms with van der Waals surface area (Å²) in [5, 5.41) is 24.8. The summed E-state index contributed by atoms with van der Waals surface area (Å²) in [7, 11) is 1.71. The number of hydrogen-bond donors (Lipinski definition) is 1. The maximum atomic E-state index is 13.0. The third-order valence-electron chi connectivity index (χ3n) is 5.40. The molecule has 0 fully saturated rings. The van der Waals surface area contributed by atoms with Crippen LogP contribution in [-0.2, 0) is 7.05 Å². The monoisotopic (exact) mass is 531 g/mol. The minimum atomic E-state index is -4.81. The van der Waals surface area contributed by atoms with Gasteiger partial charge < -0.3 is 10.1 Å². The topological polar surface area (TPSA) is 115 Å². The van der Waals surface area contributed by atoms with E-state index < -0.39 is 24.2 Å². The van der Waals surface area contributed by atoms with Crippen LogP contribution in [0.3, 0.4) is 0 Å². The smallest absolute Gasteiger partial charge is 0.406 e. The first-order chi connectivity index (χ1) is 17.7. The lowest BCUT2D eigenvalue weighted by Crippen LogP contribution is -2.31. The highest BCUT2D eigenvalue weighted by Gasteiger charge is 2.34. The molecule has 2 aromatic carbocycles. The molecule has 1 N–H and O–H groups in total. The molecule has 0 spiro atoms. The van der Waals surface area contributed by atoms with Crippen molar-refractivity contribution in [2.75, 3.05) is 11.9 Å². The van der Waals surface area contributed by atoms with Gasteiger partial charge in [-0.15, -0.1) is 18.3 Å². The van der Waals surface area contributed by atoms with Gasteiger partial charge in [0.1, 0.15) is 11.8 Å². The molecule has 4 aromatic rings. The van der Waals surface area contributed by atoms with Gasteiger partial charge in [0.05, 0.1) is 24.0 Å². The number of carbonyl (C=O) groups is 1. The summed E-state index contributed by atoms with van der Waals surface area (Å²) in [6.45, 7) is 0.136. The molecule has 11 nitrogen and oxygen atoms in total. The number of aromatic nitrogens is 6. The fourth-order valence-corrected chi connectivity index (χ4v) is 3.85. The first kappa shape index (κ1) is 24.2. The number of hydrazone groups is 1. The van der Waals surface area contributed by atoms with Crippen molar-refractivity contribution in [3.8, 4) is 17.1 Å². The lowest BCUT2D eigenvalue weighted by molar-refractivity contribution is -0.274. The number of carbonyl (C=O) groups excluding carboxylic acids is 1. The van der Waals surface area contributed by atoms with Gasteiger partial charge in [-0.3, -0.25) is 4.68 Å². The van der Waals surface area contributed by atoms with Crippen LogP contribution in [0, 0.1) is 0 Å². The Morgan fingerprint density at radius 3 is 2.49 bits per heavy atom. The number of aryl methyl sites for hydroxylation is 1. The number of halogens is 4. The van der Waals surface area contributed by atoms with Crippen LogP contribution in [0.4, 0.5) is 23.7 Å². The Morgan fingerprint density at radius 2 is 1.84 bits per heavy atom. The average molecular weight is 532 g/mol. The van der Waals surface area contributed by atoms with E-state index >= 15 is 0 Å². The second-order valence-corrected chi connectivity index (χ2v) is 8.36. The Balaban J connectivity index is 1.38. The Labute approximate surface area is 212 Å². The Kier molecular flexibility index (Phi) is 6.25. The quantitative estimate of drug-likeness (QED) is 0.414. The number of rotatable bonds is 5. The van der Waals surface area contributed by atoms with Crippen molar-refractivity contribution >= 4 is 29.0 Å². The molecule has 2 aromatic heterocycles. The molecule has 0 saturated carbocycles. The number of benzene rings is 2. The molecule has 1 aliphatic rings. The predicted molar refractivity (Wildman–Crippen MR) is 126 cm³/mol. The van der Waals surface area contributed by atoms with Crippen LogP contribution in [0.2, 0.25) is 5.02 Å². The second kappa shape index (κ2) is 9.54. The number of alkyl halides is 3. The minimum Gasteiger partial charge on any atom is -0.406 e. The van der Waals surface area contributed by atoms with Crippen molar-refractivity contribution in [2.24, 2.45) is 12.1 Å². The van der Waals surface area contributed by atoms with E-state index in [2.05, 4.69) is 35.8 Å². The summed E-state index contributed by atoms with van der Waals surface area (Å²) < 4.78 is 44.2. The highest BCUT2D eigenvalue weighted by molar-refractivity contribution is 6.30. The Bertz CT molecular complexity index is 1450. The van der Waals surface area contributed by atoms with Crippen LogP contribution >= 0.6 is 11.6 Å². The normalized spacial score (nSPS) is 15.5. The molecular formula is C22H17ClF3N9O2. The van der Waals surface area contributed by atoms with Crippen LogP contribution in [0.1, 0.15) is 11.6 Å². The number of urea groups is 1. The molecule has 0 bridgehead atoms. The first-order valence-corrected chi connectivity index (χ1v) is 11.1. The van der Waals surface area contributed by atoms with Crippen molar-refractivity contribution in [3.05, 3.63) is 71.5 Å². The summed E-state index contributed by atoms with van der Waals surface area (Å²) in [6.07, 6.45) is -1.45. The van der Waals surface area contributed by atoms with E-state index in [1.807, 2.05) is 0 Å². The average Bonchev–Trinajstić information content (AvgIpc) is 3.59. The summed E-state index contributed by atoms with van der Waals surface area (Å²) in [5.74, 6) is 0.115. The van der Waals surface area contributed by atoms with Gasteiger partial charge in [-0.1, -0.05) is 23.7 Å². The number of tetrazole rings is 1. The van der Waals surface area contributed by atoms with Crippen LogP contribution in [0.5, 0.6) is 5.75 Å². The number of nitrogens with zero attached hydrogens (tertiary/aromatic N) is 8. The van der Waals surface area contributed by atoms with Crippen molar-refractivity contribution in [3.63, 3.8) is 0 Å². The molecule has 1 aliphatic heterocycles. The largest absolute Gasteiger partial charge is 0.573 e. The zero-order valence-electron chi connectivity index (χ0n) is 19.0. The van der Waals surface area contributed by atoms with Gasteiger partial charge in [-0.25, -0.2) is 14.5 Å². The van der Waals surface area contributed by atoms with Gasteiger partial charge >= 0.3 is 12.4 Å². The molecule has 1 atom stereocenters. The predicted octanol–water partition coefficient (Wildman–Crippen LogP) is 4.12. The Hall–Kier alpha value is -4.46. The summed E-state index contributed by atoms with van der Waals surface area (Å²) in [6, 6.07) is 10.8. The molecule has 5 rings (SSSR count). The number of nitrogens with one attached hydrogen (secondary N) is 1. The Morgan fingerprint density at radius 1 is 1.11 bits per heavy atom. The van der Waals surface area contributed by atoms with E-state index in [1.54, 1.807) is 48.4 Å². The van der Waals surface area contributed by atoms with Gasteiger partial charge in [0.2, 0.25) is 0 Å². The molecule has 0 saturated heterocycles. The molecule has 1 unspecified atom stereocenters. The van der Waals surface area contributed by atoms with Gasteiger partial charge in [-0.2, -0.15) is 10.2 Å². The SMILES string of the molecule is Cn1nnnc1-c1cnn(C2CN(C(=O)Nc3ccc(OC(F)(F)F)cc3)N=C2c2ccc(Cl)cc2)c1. The standard InChI is InChI=1S/C22H17ClF3N9O2/c1-33-20(29-31-32-33)14-10-27-34(11-14)18-12-35(30-19(18)13-2-4-15(23)5-3-13)21(36)28-16-6-8-17(9-7-16)37-22(24,25)26/h2-11,18H,12H2,1H3,(H,28,36). The highest BCUT2D eigenvalue weighted by atomic mass is 35.5. The molecule has 0 aliphatic carbocycles. The summed E-state index contributed by atoms with van der Waals surface area (Å²) in [5.41, 5.74) is 2.23. The fourth-order valence-electron chi connectivity index (χ4n) is 3.72. The van der Waals surface area contributed by atoms with E-state index in [9.17, 15) is 18.0 Å². The highest BCUT2D eigenvalue weighted by Crippen LogP contribution is 2.28. The number of anilines is 1. The van der Waals surface area contributed by atoms with E-state index in [0.717, 1.165) is 17.7 Å². The lowest BCUT2D eigenvalue weighted by atomic mass is 10.0. The first-order valence-electron chi connectivity index (χ1n) is 10.7.